The van der Waals surface area contributed by atoms with Crippen molar-refractivity contribution in [2.24, 2.45) is 0 Å². The van der Waals surface area contributed by atoms with Gasteiger partial charge in [-0.1, -0.05) is 36.4 Å². The molecule has 6 heteroatoms. The summed E-state index contributed by atoms with van der Waals surface area (Å²) in [5, 5.41) is 2.69. The molecule has 1 N–H and O–H groups in total. The minimum atomic E-state index is -3.63. The Morgan fingerprint density at radius 2 is 1.77 bits per heavy atom. The van der Waals surface area contributed by atoms with E-state index in [9.17, 15) is 13.2 Å². The van der Waals surface area contributed by atoms with Gasteiger partial charge in [-0.05, 0) is 30.2 Å². The molecule has 0 atom stereocenters. The van der Waals surface area contributed by atoms with Gasteiger partial charge in [0.25, 0.3) is 0 Å². The maximum absolute atomic E-state index is 12.8. The molecule has 5 nitrogen and oxygen atoms in total. The maximum Gasteiger partial charge on any atom is 0.245 e. The molecule has 3 rings (SSSR count). The van der Waals surface area contributed by atoms with Crippen molar-refractivity contribution in [2.75, 3.05) is 16.2 Å². The minimum Gasteiger partial charge on any atom is -0.323 e. The number of nitrogens with one attached hydrogen (secondary N) is 1. The molecule has 1 aliphatic rings. The van der Waals surface area contributed by atoms with Crippen molar-refractivity contribution in [1.82, 2.24) is 0 Å². The highest BCUT2D eigenvalue weighted by Crippen LogP contribution is 2.32. The van der Waals surface area contributed by atoms with E-state index < -0.39 is 10.0 Å². The Morgan fingerprint density at radius 3 is 2.55 bits per heavy atom. The summed E-state index contributed by atoms with van der Waals surface area (Å²) in [7, 11) is -3.63. The monoisotopic (exact) mass is 316 g/mol. The average molecular weight is 316 g/mol. The first-order valence-electron chi connectivity index (χ1n) is 6.91. The fourth-order valence-corrected chi connectivity index (χ4v) is 4.14. The number of hydrogen-bond acceptors (Lipinski definition) is 3. The normalized spacial score (nSPS) is 14.4. The number of carbonyl (C=O) groups is 1. The van der Waals surface area contributed by atoms with Crippen molar-refractivity contribution in [3.8, 4) is 0 Å². The van der Waals surface area contributed by atoms with E-state index >= 15 is 0 Å². The predicted octanol–water partition coefficient (Wildman–Crippen LogP) is 2.28. The lowest BCUT2D eigenvalue weighted by Gasteiger charge is -2.30. The van der Waals surface area contributed by atoms with Crippen LogP contribution in [0.15, 0.2) is 48.5 Å². The maximum atomic E-state index is 12.8. The number of carbonyl (C=O) groups excluding carboxylic acids is 1. The van der Waals surface area contributed by atoms with Crippen LogP contribution in [-0.4, -0.2) is 20.9 Å². The smallest absolute Gasteiger partial charge is 0.245 e. The molecule has 22 heavy (non-hydrogen) atoms. The number of fused-ring (bicyclic) bond motifs is 1. The fraction of sp³-hybridized carbons (Fsp3) is 0.188. The van der Waals surface area contributed by atoms with E-state index in [1.807, 2.05) is 25.1 Å². The first-order chi connectivity index (χ1) is 10.5. The number of nitrogens with zero attached hydrogens (tertiary/aromatic N) is 1. The molecule has 1 aliphatic heterocycles. The second-order valence-electron chi connectivity index (χ2n) is 5.25. The van der Waals surface area contributed by atoms with Gasteiger partial charge in [-0.25, -0.2) is 8.42 Å². The summed E-state index contributed by atoms with van der Waals surface area (Å²) in [5.41, 5.74) is 2.69. The largest absolute Gasteiger partial charge is 0.323 e. The van der Waals surface area contributed by atoms with Gasteiger partial charge in [0.15, 0.2) is 0 Å². The van der Waals surface area contributed by atoms with Crippen LogP contribution in [0, 0.1) is 6.92 Å². The van der Waals surface area contributed by atoms with Crippen molar-refractivity contribution in [3.63, 3.8) is 0 Å². The van der Waals surface area contributed by atoms with Crippen molar-refractivity contribution in [1.29, 1.82) is 0 Å². The lowest BCUT2D eigenvalue weighted by atomic mass is 10.1. The van der Waals surface area contributed by atoms with Gasteiger partial charge in [0.05, 0.1) is 17.1 Å². The van der Waals surface area contributed by atoms with Gasteiger partial charge in [0, 0.05) is 0 Å². The highest BCUT2D eigenvalue weighted by Gasteiger charge is 2.31. The molecule has 0 fully saturated rings. The zero-order chi connectivity index (χ0) is 15.7. The zero-order valence-electron chi connectivity index (χ0n) is 12.1. The Labute approximate surface area is 129 Å². The first kappa shape index (κ1) is 14.6. The second-order valence-corrected chi connectivity index (χ2v) is 7.15. The van der Waals surface area contributed by atoms with E-state index in [0.29, 0.717) is 11.4 Å². The molecule has 0 saturated carbocycles. The van der Waals surface area contributed by atoms with Crippen LogP contribution in [0.2, 0.25) is 0 Å². The summed E-state index contributed by atoms with van der Waals surface area (Å²) < 4.78 is 26.7. The molecule has 1 amide bonds. The van der Waals surface area contributed by atoms with Crippen LogP contribution in [0.25, 0.3) is 0 Å². The molecular weight excluding hydrogens is 300 g/mol. The first-order valence-corrected chi connectivity index (χ1v) is 8.52. The van der Waals surface area contributed by atoms with Crippen molar-refractivity contribution < 1.29 is 13.2 Å². The third-order valence-corrected chi connectivity index (χ3v) is 5.34. The number of sulfonamides is 1. The molecule has 0 aliphatic carbocycles. The van der Waals surface area contributed by atoms with Crippen LogP contribution >= 0.6 is 0 Å². The number of hydrogen-bond donors (Lipinski definition) is 1. The lowest BCUT2D eigenvalue weighted by Crippen LogP contribution is -2.42. The Hall–Kier alpha value is -2.34. The zero-order valence-corrected chi connectivity index (χ0v) is 12.9. The molecule has 0 saturated heterocycles. The highest BCUT2D eigenvalue weighted by atomic mass is 32.2. The van der Waals surface area contributed by atoms with Crippen molar-refractivity contribution in [2.45, 2.75) is 12.7 Å². The Kier molecular flexibility index (Phi) is 3.62. The Bertz CT molecular complexity index is 831. The van der Waals surface area contributed by atoms with Crippen LogP contribution in [0.3, 0.4) is 0 Å². The van der Waals surface area contributed by atoms with Gasteiger partial charge in [-0.2, -0.15) is 0 Å². The molecule has 0 unspecified atom stereocenters. The van der Waals surface area contributed by atoms with Crippen LogP contribution in [-0.2, 0) is 20.6 Å². The molecule has 0 spiro atoms. The van der Waals surface area contributed by atoms with E-state index in [2.05, 4.69) is 5.32 Å². The number of aryl methyl sites for hydroxylation is 1. The standard InChI is InChI=1S/C16H16N2O3S/c1-12-6-2-3-7-13(12)11-22(20,21)18-10-16(19)17-14-8-4-5-9-15(14)18/h2-9H,10-11H2,1H3,(H,17,19). The Balaban J connectivity index is 1.99. The average Bonchev–Trinajstić information content (AvgIpc) is 2.48. The molecule has 2 aromatic carbocycles. The summed E-state index contributed by atoms with van der Waals surface area (Å²) >= 11 is 0. The fourth-order valence-electron chi connectivity index (χ4n) is 2.50. The van der Waals surface area contributed by atoms with Gasteiger partial charge >= 0.3 is 0 Å². The van der Waals surface area contributed by atoms with Crippen LogP contribution in [0.1, 0.15) is 11.1 Å². The molecule has 0 bridgehead atoms. The number of para-hydroxylation sites is 2. The van der Waals surface area contributed by atoms with E-state index in [-0.39, 0.29) is 18.2 Å². The van der Waals surface area contributed by atoms with Crippen LogP contribution < -0.4 is 9.62 Å². The predicted molar refractivity (Wildman–Crippen MR) is 86.2 cm³/mol. The molecular formula is C16H16N2O3S. The van der Waals surface area contributed by atoms with Gasteiger partial charge in [-0.3, -0.25) is 9.10 Å². The summed E-state index contributed by atoms with van der Waals surface area (Å²) in [5.74, 6) is -0.451. The van der Waals surface area contributed by atoms with Gasteiger partial charge in [-0.15, -0.1) is 0 Å². The Morgan fingerprint density at radius 1 is 1.09 bits per heavy atom. The van der Waals surface area contributed by atoms with Gasteiger partial charge in [0.2, 0.25) is 15.9 Å². The van der Waals surface area contributed by atoms with Crippen molar-refractivity contribution >= 4 is 27.3 Å². The summed E-state index contributed by atoms with van der Waals surface area (Å²) in [6.07, 6.45) is 0. The SMILES string of the molecule is Cc1ccccc1CS(=O)(=O)N1CC(=O)Nc2ccccc21. The summed E-state index contributed by atoms with van der Waals surface area (Å²) in [6.45, 7) is 1.69. The van der Waals surface area contributed by atoms with E-state index in [1.54, 1.807) is 30.3 Å². The number of anilines is 2. The van der Waals surface area contributed by atoms with Gasteiger partial charge in [0.1, 0.15) is 6.54 Å². The topological polar surface area (TPSA) is 66.5 Å². The summed E-state index contributed by atoms with van der Waals surface area (Å²) in [6, 6.07) is 14.3. The highest BCUT2D eigenvalue weighted by molar-refractivity contribution is 7.92. The quantitative estimate of drug-likeness (QED) is 0.944. The minimum absolute atomic E-state index is 0.124. The molecule has 0 radical (unpaired) electrons. The number of benzene rings is 2. The molecule has 1 heterocycles. The molecule has 0 aromatic heterocycles. The summed E-state index contributed by atoms with van der Waals surface area (Å²) in [4.78, 5) is 11.8. The van der Waals surface area contributed by atoms with Gasteiger partial charge < -0.3 is 5.32 Å². The molecule has 114 valence electrons. The molecule has 2 aromatic rings. The lowest BCUT2D eigenvalue weighted by molar-refractivity contribution is -0.115. The van der Waals surface area contributed by atoms with Crippen LogP contribution in [0.4, 0.5) is 11.4 Å². The van der Waals surface area contributed by atoms with E-state index in [0.717, 1.165) is 11.1 Å². The number of amides is 1. The number of rotatable bonds is 3. The third kappa shape index (κ3) is 2.69. The van der Waals surface area contributed by atoms with Crippen molar-refractivity contribution in [3.05, 3.63) is 59.7 Å². The van der Waals surface area contributed by atoms with Crippen LogP contribution in [0.5, 0.6) is 0 Å². The van der Waals surface area contributed by atoms with E-state index in [4.69, 9.17) is 0 Å². The van der Waals surface area contributed by atoms with E-state index in [1.165, 1.54) is 4.31 Å². The third-order valence-electron chi connectivity index (χ3n) is 3.67. The second kappa shape index (κ2) is 5.46.